The average molecular weight is 272 g/mol. The SMILES string of the molecule is CN1CCN(CCC2(C)OCC(CC(=O)O)O2)CC1. The van der Waals surface area contributed by atoms with Gasteiger partial charge in [-0.3, -0.25) is 4.79 Å². The standard InChI is InChI=1S/C13H24N2O4/c1-13(18-10-11(19-13)9-12(16)17)3-4-15-7-5-14(2)6-8-15/h11H,3-10H2,1-2H3,(H,16,17). The molecule has 0 aromatic carbocycles. The van der Waals surface area contributed by atoms with Crippen molar-refractivity contribution in [1.29, 1.82) is 0 Å². The number of hydrogen-bond acceptors (Lipinski definition) is 5. The van der Waals surface area contributed by atoms with Crippen LogP contribution in [0.3, 0.4) is 0 Å². The number of rotatable bonds is 5. The van der Waals surface area contributed by atoms with Gasteiger partial charge in [0.15, 0.2) is 5.79 Å². The lowest BCUT2D eigenvalue weighted by atomic mass is 10.2. The molecule has 2 aliphatic rings. The van der Waals surface area contributed by atoms with E-state index in [0.717, 1.165) is 39.1 Å². The van der Waals surface area contributed by atoms with Crippen LogP contribution in [0.4, 0.5) is 0 Å². The molecule has 0 aromatic heterocycles. The molecule has 0 saturated carbocycles. The van der Waals surface area contributed by atoms with Crippen molar-refractivity contribution >= 4 is 5.97 Å². The Labute approximate surface area is 114 Å². The van der Waals surface area contributed by atoms with E-state index in [1.807, 2.05) is 6.92 Å². The average Bonchev–Trinajstić information content (AvgIpc) is 2.70. The summed E-state index contributed by atoms with van der Waals surface area (Å²) >= 11 is 0. The molecule has 0 spiro atoms. The zero-order chi connectivity index (χ0) is 13.9. The second kappa shape index (κ2) is 6.17. The monoisotopic (exact) mass is 272 g/mol. The lowest BCUT2D eigenvalue weighted by Gasteiger charge is -2.34. The highest BCUT2D eigenvalue weighted by atomic mass is 16.7. The zero-order valence-corrected chi connectivity index (χ0v) is 11.8. The molecule has 2 rings (SSSR count). The van der Waals surface area contributed by atoms with Gasteiger partial charge < -0.3 is 24.4 Å². The topological polar surface area (TPSA) is 62.2 Å². The van der Waals surface area contributed by atoms with Crippen LogP contribution < -0.4 is 0 Å². The minimum atomic E-state index is -0.836. The van der Waals surface area contributed by atoms with Crippen LogP contribution in [-0.2, 0) is 14.3 Å². The number of likely N-dealkylation sites (N-methyl/N-ethyl adjacent to an activating group) is 1. The number of ether oxygens (including phenoxy) is 2. The molecule has 1 N–H and O–H groups in total. The molecule has 2 saturated heterocycles. The van der Waals surface area contributed by atoms with Crippen LogP contribution in [0.5, 0.6) is 0 Å². The Morgan fingerprint density at radius 1 is 1.37 bits per heavy atom. The summed E-state index contributed by atoms with van der Waals surface area (Å²) < 4.78 is 11.4. The van der Waals surface area contributed by atoms with E-state index in [1.54, 1.807) is 0 Å². The van der Waals surface area contributed by atoms with E-state index in [4.69, 9.17) is 14.6 Å². The van der Waals surface area contributed by atoms with Crippen LogP contribution in [0.2, 0.25) is 0 Å². The Kier molecular flexibility index (Phi) is 4.78. The first-order valence-electron chi connectivity index (χ1n) is 6.91. The van der Waals surface area contributed by atoms with Crippen LogP contribution in [0.15, 0.2) is 0 Å². The van der Waals surface area contributed by atoms with E-state index in [-0.39, 0.29) is 12.5 Å². The summed E-state index contributed by atoms with van der Waals surface area (Å²) in [5, 5.41) is 8.75. The molecule has 19 heavy (non-hydrogen) atoms. The van der Waals surface area contributed by atoms with Gasteiger partial charge in [0.2, 0.25) is 0 Å². The second-order valence-corrected chi connectivity index (χ2v) is 5.68. The molecule has 0 aromatic rings. The summed E-state index contributed by atoms with van der Waals surface area (Å²) in [4.78, 5) is 15.4. The van der Waals surface area contributed by atoms with Crippen LogP contribution in [0.25, 0.3) is 0 Å². The Balaban J connectivity index is 1.72. The molecular formula is C13H24N2O4. The number of hydrogen-bond donors (Lipinski definition) is 1. The molecular weight excluding hydrogens is 248 g/mol. The highest BCUT2D eigenvalue weighted by Crippen LogP contribution is 2.28. The number of piperazine rings is 1. The van der Waals surface area contributed by atoms with Gasteiger partial charge in [-0.15, -0.1) is 0 Å². The predicted octanol–water partition coefficient (Wildman–Crippen LogP) is 0.230. The van der Waals surface area contributed by atoms with E-state index >= 15 is 0 Å². The van der Waals surface area contributed by atoms with Crippen molar-refractivity contribution in [2.75, 3.05) is 46.4 Å². The smallest absolute Gasteiger partial charge is 0.306 e. The first kappa shape index (κ1) is 14.7. The van der Waals surface area contributed by atoms with E-state index in [9.17, 15) is 4.79 Å². The maximum Gasteiger partial charge on any atom is 0.306 e. The first-order chi connectivity index (χ1) is 8.97. The fourth-order valence-corrected chi connectivity index (χ4v) is 2.55. The van der Waals surface area contributed by atoms with Crippen molar-refractivity contribution in [3.05, 3.63) is 0 Å². The van der Waals surface area contributed by atoms with E-state index in [0.29, 0.717) is 6.61 Å². The number of nitrogens with zero attached hydrogens (tertiary/aromatic N) is 2. The summed E-state index contributed by atoms with van der Waals surface area (Å²) in [7, 11) is 2.14. The highest BCUT2D eigenvalue weighted by molar-refractivity contribution is 5.67. The summed E-state index contributed by atoms with van der Waals surface area (Å²) in [6.07, 6.45) is 0.492. The Morgan fingerprint density at radius 3 is 2.68 bits per heavy atom. The molecule has 0 radical (unpaired) electrons. The fourth-order valence-electron chi connectivity index (χ4n) is 2.55. The molecule has 110 valence electrons. The molecule has 6 nitrogen and oxygen atoms in total. The minimum absolute atomic E-state index is 0.0180. The summed E-state index contributed by atoms with van der Waals surface area (Å²) in [6.45, 7) is 7.57. The lowest BCUT2D eigenvalue weighted by Crippen LogP contribution is -2.46. The van der Waals surface area contributed by atoms with Gasteiger partial charge in [0.1, 0.15) is 0 Å². The first-order valence-corrected chi connectivity index (χ1v) is 6.91. The molecule has 2 fully saturated rings. The Hall–Kier alpha value is -0.690. The van der Waals surface area contributed by atoms with Gasteiger partial charge >= 0.3 is 5.97 Å². The lowest BCUT2D eigenvalue weighted by molar-refractivity contribution is -0.165. The Bertz CT molecular complexity index is 318. The number of carbonyl (C=O) groups is 1. The van der Waals surface area contributed by atoms with Gasteiger partial charge in [-0.25, -0.2) is 0 Å². The van der Waals surface area contributed by atoms with Gasteiger partial charge in [-0.1, -0.05) is 0 Å². The van der Waals surface area contributed by atoms with Crippen molar-refractivity contribution in [2.24, 2.45) is 0 Å². The molecule has 2 unspecified atom stereocenters. The van der Waals surface area contributed by atoms with Crippen LogP contribution in [-0.4, -0.2) is 79.1 Å². The number of carboxylic acids is 1. The molecule has 0 bridgehead atoms. The quantitative estimate of drug-likeness (QED) is 0.773. The Morgan fingerprint density at radius 2 is 2.05 bits per heavy atom. The largest absolute Gasteiger partial charge is 0.481 e. The van der Waals surface area contributed by atoms with Crippen LogP contribution in [0, 0.1) is 0 Å². The predicted molar refractivity (Wildman–Crippen MR) is 70.0 cm³/mol. The summed E-state index contributed by atoms with van der Waals surface area (Å²) in [5.74, 6) is -1.46. The van der Waals surface area contributed by atoms with Crippen molar-refractivity contribution in [1.82, 2.24) is 9.80 Å². The third-order valence-electron chi connectivity index (χ3n) is 3.87. The maximum atomic E-state index is 10.7. The summed E-state index contributed by atoms with van der Waals surface area (Å²) in [5.41, 5.74) is 0. The molecule has 6 heteroatoms. The van der Waals surface area contributed by atoms with Crippen molar-refractivity contribution in [3.8, 4) is 0 Å². The van der Waals surface area contributed by atoms with Gasteiger partial charge in [-0.05, 0) is 14.0 Å². The zero-order valence-electron chi connectivity index (χ0n) is 11.8. The maximum absolute atomic E-state index is 10.7. The molecule has 2 aliphatic heterocycles. The fraction of sp³-hybridized carbons (Fsp3) is 0.923. The number of carboxylic acid groups (broad SMARTS) is 1. The third-order valence-corrected chi connectivity index (χ3v) is 3.87. The minimum Gasteiger partial charge on any atom is -0.481 e. The van der Waals surface area contributed by atoms with Crippen LogP contribution in [0.1, 0.15) is 19.8 Å². The third kappa shape index (κ3) is 4.42. The van der Waals surface area contributed by atoms with Crippen molar-refractivity contribution in [2.45, 2.75) is 31.7 Å². The van der Waals surface area contributed by atoms with Crippen molar-refractivity contribution in [3.63, 3.8) is 0 Å². The molecule has 0 amide bonds. The molecule has 2 heterocycles. The van der Waals surface area contributed by atoms with Crippen molar-refractivity contribution < 1.29 is 19.4 Å². The van der Waals surface area contributed by atoms with Gasteiger partial charge in [0.25, 0.3) is 0 Å². The number of aliphatic carboxylic acids is 1. The second-order valence-electron chi connectivity index (χ2n) is 5.68. The van der Waals surface area contributed by atoms with E-state index in [2.05, 4.69) is 16.8 Å². The molecule has 0 aliphatic carbocycles. The van der Waals surface area contributed by atoms with Gasteiger partial charge in [0.05, 0.1) is 19.1 Å². The van der Waals surface area contributed by atoms with Crippen LogP contribution >= 0.6 is 0 Å². The highest BCUT2D eigenvalue weighted by Gasteiger charge is 2.38. The van der Waals surface area contributed by atoms with E-state index in [1.165, 1.54) is 0 Å². The van der Waals surface area contributed by atoms with E-state index < -0.39 is 11.8 Å². The normalized spacial score (nSPS) is 33.7. The summed E-state index contributed by atoms with van der Waals surface area (Å²) in [6, 6.07) is 0. The van der Waals surface area contributed by atoms with Gasteiger partial charge in [0, 0.05) is 39.1 Å². The van der Waals surface area contributed by atoms with Gasteiger partial charge in [-0.2, -0.15) is 0 Å². The molecule has 2 atom stereocenters.